The number of nitrogens with zero attached hydrogens (tertiary/aromatic N) is 1. The average molecular weight is 662 g/mol. The zero-order valence-corrected chi connectivity index (χ0v) is 28.7. The quantitative estimate of drug-likeness (QED) is 0.171. The molecule has 0 bridgehead atoms. The third-order valence-electron chi connectivity index (χ3n) is 10.9. The van der Waals surface area contributed by atoms with Gasteiger partial charge in [-0.2, -0.15) is 0 Å². The predicted octanol–water partition coefficient (Wildman–Crippen LogP) is 13.5. The Labute approximate surface area is 304 Å². The molecule has 9 aromatic carbocycles. The summed E-state index contributed by atoms with van der Waals surface area (Å²) in [7, 11) is 0. The summed E-state index contributed by atoms with van der Waals surface area (Å²) in [6, 6.07) is 77.9. The molecule has 10 rings (SSSR count). The molecule has 244 valence electrons. The van der Waals surface area contributed by atoms with E-state index in [1.807, 2.05) is 0 Å². The highest BCUT2D eigenvalue weighted by Gasteiger charge is 2.47. The van der Waals surface area contributed by atoms with Crippen molar-refractivity contribution in [3.8, 4) is 22.3 Å². The minimum absolute atomic E-state index is 0.484. The fourth-order valence-corrected chi connectivity index (χ4v) is 8.66. The van der Waals surface area contributed by atoms with Crippen LogP contribution in [0, 0.1) is 0 Å². The number of benzene rings is 9. The van der Waals surface area contributed by atoms with Crippen LogP contribution in [0.4, 0.5) is 17.1 Å². The summed E-state index contributed by atoms with van der Waals surface area (Å²) in [4.78, 5) is 2.49. The van der Waals surface area contributed by atoms with E-state index in [0.29, 0.717) is 0 Å². The van der Waals surface area contributed by atoms with Crippen molar-refractivity contribution < 1.29 is 0 Å². The van der Waals surface area contributed by atoms with Crippen LogP contribution in [0.25, 0.3) is 43.8 Å². The molecule has 0 radical (unpaired) electrons. The molecule has 0 saturated heterocycles. The van der Waals surface area contributed by atoms with Crippen molar-refractivity contribution in [2.75, 3.05) is 4.90 Å². The first-order valence-electron chi connectivity index (χ1n) is 18.0. The van der Waals surface area contributed by atoms with E-state index in [1.165, 1.54) is 66.1 Å². The van der Waals surface area contributed by atoms with Gasteiger partial charge in [-0.3, -0.25) is 0 Å². The minimum Gasteiger partial charge on any atom is -0.309 e. The zero-order chi connectivity index (χ0) is 34.5. The number of hydrogen-bond acceptors (Lipinski definition) is 1. The molecule has 1 aliphatic rings. The van der Waals surface area contributed by atoms with E-state index in [0.717, 1.165) is 17.1 Å². The number of hydrogen-bond donors (Lipinski definition) is 0. The first-order chi connectivity index (χ1) is 25.8. The Hall–Kier alpha value is -6.70. The van der Waals surface area contributed by atoms with Crippen molar-refractivity contribution in [2.24, 2.45) is 0 Å². The van der Waals surface area contributed by atoms with Crippen LogP contribution in [-0.2, 0) is 5.41 Å². The molecule has 0 aromatic heterocycles. The number of fused-ring (bicyclic) bond motifs is 5. The molecule has 0 atom stereocenters. The molecule has 9 aromatic rings. The van der Waals surface area contributed by atoms with Crippen LogP contribution < -0.4 is 4.90 Å². The van der Waals surface area contributed by atoms with E-state index < -0.39 is 5.41 Å². The van der Waals surface area contributed by atoms with Gasteiger partial charge in [-0.1, -0.05) is 182 Å². The summed E-state index contributed by atoms with van der Waals surface area (Å²) in [5.41, 5.74) is 13.0. The normalized spacial score (nSPS) is 12.8. The molecule has 0 spiro atoms. The maximum Gasteiger partial charge on any atom is 0.0714 e. The van der Waals surface area contributed by atoms with Crippen LogP contribution in [0.1, 0.15) is 22.3 Å². The molecule has 0 fully saturated rings. The average Bonchev–Trinajstić information content (AvgIpc) is 3.53. The molecule has 1 aliphatic carbocycles. The van der Waals surface area contributed by atoms with Gasteiger partial charge in [-0.25, -0.2) is 0 Å². The van der Waals surface area contributed by atoms with Crippen LogP contribution in [0.2, 0.25) is 0 Å². The summed E-state index contributed by atoms with van der Waals surface area (Å²) >= 11 is 0. The second kappa shape index (κ2) is 12.3. The zero-order valence-electron chi connectivity index (χ0n) is 28.7. The van der Waals surface area contributed by atoms with Crippen LogP contribution >= 0.6 is 0 Å². The van der Waals surface area contributed by atoms with E-state index in [2.05, 4.69) is 217 Å². The summed E-state index contributed by atoms with van der Waals surface area (Å²) < 4.78 is 0. The maximum atomic E-state index is 2.49. The monoisotopic (exact) mass is 661 g/mol. The Balaban J connectivity index is 1.28. The van der Waals surface area contributed by atoms with Gasteiger partial charge >= 0.3 is 0 Å². The fourth-order valence-electron chi connectivity index (χ4n) is 8.66. The molecule has 0 amide bonds. The fraction of sp³-hybridized carbons (Fsp3) is 0.0196. The lowest BCUT2D eigenvalue weighted by atomic mass is 9.68. The molecular weight excluding hydrogens is 627 g/mol. The Kier molecular flexibility index (Phi) is 7.11. The molecule has 0 N–H and O–H groups in total. The standard InChI is InChI=1S/C51H35N/c1-3-21-41(22-4-1)51(42-23-5-2-6-24-42)46-28-12-11-27-45(46)50-47(51)29-15-31-49(50)52(48-30-14-19-37-17-9-10-26-44(37)48)43-25-13-20-39(35-43)40-33-32-36-16-7-8-18-38(36)34-40/h1-35H. The molecule has 0 saturated carbocycles. The van der Waals surface area contributed by atoms with Crippen LogP contribution in [0.3, 0.4) is 0 Å². The summed E-state index contributed by atoms with van der Waals surface area (Å²) in [5, 5.41) is 4.92. The van der Waals surface area contributed by atoms with E-state index in [9.17, 15) is 0 Å². The Morgan fingerprint density at radius 1 is 0.346 bits per heavy atom. The topological polar surface area (TPSA) is 3.24 Å². The van der Waals surface area contributed by atoms with Gasteiger partial charge in [0.25, 0.3) is 0 Å². The van der Waals surface area contributed by atoms with Gasteiger partial charge in [-0.05, 0) is 85.4 Å². The SMILES string of the molecule is c1ccc(C2(c3ccccc3)c3ccccc3-c3c(N(c4cccc(-c5ccc6ccccc6c5)c4)c4cccc5ccccc45)cccc32)cc1. The van der Waals surface area contributed by atoms with Gasteiger partial charge in [0.1, 0.15) is 0 Å². The van der Waals surface area contributed by atoms with Crippen molar-refractivity contribution >= 4 is 38.6 Å². The van der Waals surface area contributed by atoms with Gasteiger partial charge in [-0.15, -0.1) is 0 Å². The third kappa shape index (κ3) is 4.63. The van der Waals surface area contributed by atoms with Crippen LogP contribution in [0.15, 0.2) is 212 Å². The number of rotatable bonds is 6. The Morgan fingerprint density at radius 2 is 0.923 bits per heavy atom. The Bertz CT molecular complexity index is 2700. The van der Waals surface area contributed by atoms with Gasteiger partial charge in [0, 0.05) is 16.6 Å². The second-order valence-electron chi connectivity index (χ2n) is 13.7. The van der Waals surface area contributed by atoms with E-state index in [-0.39, 0.29) is 0 Å². The van der Waals surface area contributed by atoms with Gasteiger partial charge in [0.2, 0.25) is 0 Å². The summed E-state index contributed by atoms with van der Waals surface area (Å²) in [6.45, 7) is 0. The predicted molar refractivity (Wildman–Crippen MR) is 219 cm³/mol. The van der Waals surface area contributed by atoms with Gasteiger partial charge < -0.3 is 4.90 Å². The third-order valence-corrected chi connectivity index (χ3v) is 10.9. The molecule has 0 aliphatic heterocycles. The van der Waals surface area contributed by atoms with E-state index >= 15 is 0 Å². The maximum absolute atomic E-state index is 2.49. The van der Waals surface area contributed by atoms with Crippen molar-refractivity contribution in [3.05, 3.63) is 235 Å². The molecule has 1 heteroatoms. The van der Waals surface area contributed by atoms with Gasteiger partial charge in [0.15, 0.2) is 0 Å². The minimum atomic E-state index is -0.484. The lowest BCUT2D eigenvalue weighted by molar-refractivity contribution is 0.768. The molecular formula is C51H35N. The first-order valence-corrected chi connectivity index (χ1v) is 18.0. The first kappa shape index (κ1) is 30.2. The van der Waals surface area contributed by atoms with E-state index in [1.54, 1.807) is 0 Å². The second-order valence-corrected chi connectivity index (χ2v) is 13.7. The summed E-state index contributed by atoms with van der Waals surface area (Å²) in [6.07, 6.45) is 0. The smallest absolute Gasteiger partial charge is 0.0714 e. The molecule has 52 heavy (non-hydrogen) atoms. The highest BCUT2D eigenvalue weighted by molar-refractivity contribution is 6.04. The lowest BCUT2D eigenvalue weighted by Crippen LogP contribution is -2.28. The molecule has 0 unspecified atom stereocenters. The molecule has 0 heterocycles. The lowest BCUT2D eigenvalue weighted by Gasteiger charge is -2.34. The van der Waals surface area contributed by atoms with Crippen molar-refractivity contribution in [2.45, 2.75) is 5.41 Å². The highest BCUT2D eigenvalue weighted by atomic mass is 15.1. The van der Waals surface area contributed by atoms with E-state index in [4.69, 9.17) is 0 Å². The highest BCUT2D eigenvalue weighted by Crippen LogP contribution is 2.59. The van der Waals surface area contributed by atoms with Gasteiger partial charge in [0.05, 0.1) is 16.8 Å². The number of anilines is 3. The van der Waals surface area contributed by atoms with Crippen molar-refractivity contribution in [1.82, 2.24) is 0 Å². The van der Waals surface area contributed by atoms with Crippen LogP contribution in [0.5, 0.6) is 0 Å². The molecule has 1 nitrogen and oxygen atoms in total. The van der Waals surface area contributed by atoms with Crippen molar-refractivity contribution in [1.29, 1.82) is 0 Å². The Morgan fingerprint density at radius 3 is 1.73 bits per heavy atom. The largest absolute Gasteiger partial charge is 0.309 e. The summed E-state index contributed by atoms with van der Waals surface area (Å²) in [5.74, 6) is 0. The van der Waals surface area contributed by atoms with Crippen molar-refractivity contribution in [3.63, 3.8) is 0 Å². The van der Waals surface area contributed by atoms with Crippen LogP contribution in [-0.4, -0.2) is 0 Å².